The van der Waals surface area contributed by atoms with Crippen LogP contribution in [0.5, 0.6) is 0 Å². The van der Waals surface area contributed by atoms with E-state index in [2.05, 4.69) is 20.6 Å². The van der Waals surface area contributed by atoms with Crippen molar-refractivity contribution in [3.63, 3.8) is 0 Å². The third-order valence-corrected chi connectivity index (χ3v) is 13.5. The number of aromatic nitrogens is 2. The molecule has 0 radical (unpaired) electrons. The molecule has 8 nitrogen and oxygen atoms in total. The number of thiocarbonyl (C=S) groups is 2. The number of hydrogen-bond acceptors (Lipinski definition) is 6. The van der Waals surface area contributed by atoms with Crippen molar-refractivity contribution in [2.24, 2.45) is 0 Å². The lowest BCUT2D eigenvalue weighted by Gasteiger charge is -2.34. The smallest absolute Gasteiger partial charge is 0.174 e. The van der Waals surface area contributed by atoms with Gasteiger partial charge in [0.05, 0.1) is 13.1 Å². The number of hydrogen-bond donors (Lipinski definition) is 2. The molecule has 0 fully saturated rings. The molecular formula is C24H38N6O2P2S2. The van der Waals surface area contributed by atoms with Gasteiger partial charge in [0.25, 0.3) is 0 Å². The highest BCUT2D eigenvalue weighted by Gasteiger charge is 2.30. The fraction of sp³-hybridized carbons (Fsp3) is 0.500. The van der Waals surface area contributed by atoms with Crippen LogP contribution in [-0.4, -0.2) is 67.3 Å². The Morgan fingerprint density at radius 2 is 1.11 bits per heavy atom. The zero-order valence-electron chi connectivity index (χ0n) is 21.6. The number of pyridine rings is 2. The summed E-state index contributed by atoms with van der Waals surface area (Å²) in [6.45, 7) is 9.52. The van der Waals surface area contributed by atoms with Gasteiger partial charge in [-0.2, -0.15) is 0 Å². The molecule has 2 N–H and O–H groups in total. The lowest BCUT2D eigenvalue weighted by atomic mass is 10.3. The van der Waals surface area contributed by atoms with E-state index in [-0.39, 0.29) is 0 Å². The van der Waals surface area contributed by atoms with Crippen molar-refractivity contribution in [2.75, 3.05) is 37.7 Å². The summed E-state index contributed by atoms with van der Waals surface area (Å²) in [4.78, 5) is 8.34. The maximum Gasteiger partial charge on any atom is 0.174 e. The molecule has 0 aliphatic carbocycles. The Hall–Kier alpha value is -1.86. The van der Waals surface area contributed by atoms with Crippen LogP contribution < -0.4 is 10.6 Å². The summed E-state index contributed by atoms with van der Waals surface area (Å²) < 4.78 is 30.8. The fourth-order valence-electron chi connectivity index (χ4n) is 3.71. The molecule has 0 aliphatic rings. The van der Waals surface area contributed by atoms with Crippen molar-refractivity contribution >= 4 is 49.2 Å². The predicted octanol–water partition coefficient (Wildman–Crippen LogP) is 5.17. The number of nitrogens with zero attached hydrogens (tertiary/aromatic N) is 4. The van der Waals surface area contributed by atoms with E-state index in [9.17, 15) is 9.13 Å². The molecule has 0 saturated heterocycles. The van der Waals surface area contributed by atoms with Crippen LogP contribution in [0.3, 0.4) is 0 Å². The first-order valence-electron chi connectivity index (χ1n) is 12.3. The van der Waals surface area contributed by atoms with Crippen LogP contribution >= 0.6 is 39.0 Å². The van der Waals surface area contributed by atoms with Gasteiger partial charge >= 0.3 is 0 Å². The number of nitrogens with one attached hydrogen (secondary N) is 2. The zero-order valence-corrected chi connectivity index (χ0v) is 25.0. The van der Waals surface area contributed by atoms with Gasteiger partial charge in [0, 0.05) is 62.5 Å². The molecule has 36 heavy (non-hydrogen) atoms. The molecule has 2 aromatic rings. The second kappa shape index (κ2) is 14.8. The predicted molar refractivity (Wildman–Crippen MR) is 158 cm³/mol. The van der Waals surface area contributed by atoms with Crippen LogP contribution in [0.2, 0.25) is 0 Å². The highest BCUT2D eigenvalue weighted by Crippen LogP contribution is 2.50. The van der Waals surface area contributed by atoms with Gasteiger partial charge in [-0.25, -0.2) is 0 Å². The molecule has 2 heterocycles. The van der Waals surface area contributed by atoms with Gasteiger partial charge in [-0.15, -0.1) is 0 Å². The summed E-state index contributed by atoms with van der Waals surface area (Å²) in [6, 6.07) is 7.63. The van der Waals surface area contributed by atoms with Crippen LogP contribution in [0.25, 0.3) is 0 Å². The summed E-state index contributed by atoms with van der Waals surface area (Å²) in [7, 11) is -5.32. The lowest BCUT2D eigenvalue weighted by Crippen LogP contribution is -2.44. The third kappa shape index (κ3) is 8.34. The van der Waals surface area contributed by atoms with E-state index in [1.807, 2.05) is 61.3 Å². The van der Waals surface area contributed by atoms with Crippen molar-refractivity contribution in [1.82, 2.24) is 29.9 Å². The maximum atomic E-state index is 13.6. The molecular weight excluding hydrogens is 530 g/mol. The minimum absolute atomic E-state index is 0.430. The topological polar surface area (TPSA) is 90.5 Å². The SMILES string of the molecule is CCP(=O)(CC)N(Cc1cccnc1)C(=S)NCCNC(=S)N(Cc1cccnc1)P(=O)(CC)CC. The first-order chi connectivity index (χ1) is 17.2. The van der Waals surface area contributed by atoms with Gasteiger partial charge in [0.15, 0.2) is 24.8 Å². The molecule has 198 valence electrons. The van der Waals surface area contributed by atoms with E-state index in [1.54, 1.807) is 24.8 Å². The molecule has 0 spiro atoms. The summed E-state index contributed by atoms with van der Waals surface area (Å²) in [5.74, 6) is 0. The summed E-state index contributed by atoms with van der Waals surface area (Å²) in [6.07, 6.45) is 9.07. The molecule has 2 aromatic heterocycles. The molecule has 0 bridgehead atoms. The van der Waals surface area contributed by atoms with E-state index in [0.29, 0.717) is 61.1 Å². The first kappa shape index (κ1) is 30.4. The average Bonchev–Trinajstić information content (AvgIpc) is 2.92. The summed E-state index contributed by atoms with van der Waals surface area (Å²) in [5.41, 5.74) is 1.90. The van der Waals surface area contributed by atoms with E-state index < -0.39 is 14.6 Å². The monoisotopic (exact) mass is 568 g/mol. The van der Waals surface area contributed by atoms with E-state index >= 15 is 0 Å². The van der Waals surface area contributed by atoms with Gasteiger partial charge in [-0.1, -0.05) is 39.8 Å². The third-order valence-electron chi connectivity index (χ3n) is 6.11. The second-order valence-corrected chi connectivity index (χ2v) is 15.9. The van der Waals surface area contributed by atoms with Crippen LogP contribution in [-0.2, 0) is 22.2 Å². The Kier molecular flexibility index (Phi) is 12.5. The average molecular weight is 569 g/mol. The van der Waals surface area contributed by atoms with Gasteiger partial charge in [0.1, 0.15) is 0 Å². The van der Waals surface area contributed by atoms with Crippen LogP contribution in [0.15, 0.2) is 49.1 Å². The quantitative estimate of drug-likeness (QED) is 0.192. The molecule has 0 aliphatic heterocycles. The highest BCUT2D eigenvalue weighted by atomic mass is 32.1. The Balaban J connectivity index is 2.04. The van der Waals surface area contributed by atoms with E-state index in [0.717, 1.165) is 11.1 Å². The van der Waals surface area contributed by atoms with E-state index in [1.165, 1.54) is 0 Å². The van der Waals surface area contributed by atoms with Crippen molar-refractivity contribution < 1.29 is 9.13 Å². The normalized spacial score (nSPS) is 11.6. The van der Waals surface area contributed by atoms with Gasteiger partial charge in [-0.3, -0.25) is 19.3 Å². The molecule has 2 rings (SSSR count). The fourth-order valence-corrected chi connectivity index (χ4v) is 8.84. The van der Waals surface area contributed by atoms with Crippen molar-refractivity contribution in [1.29, 1.82) is 0 Å². The molecule has 0 saturated carbocycles. The van der Waals surface area contributed by atoms with Crippen LogP contribution in [0.1, 0.15) is 38.8 Å². The summed E-state index contributed by atoms with van der Waals surface area (Å²) in [5, 5.41) is 7.35. The molecule has 0 amide bonds. The van der Waals surface area contributed by atoms with E-state index in [4.69, 9.17) is 24.4 Å². The first-order valence-corrected chi connectivity index (χ1v) is 17.2. The summed E-state index contributed by atoms with van der Waals surface area (Å²) >= 11 is 11.3. The largest absolute Gasteiger partial charge is 0.361 e. The Morgan fingerprint density at radius 1 is 0.750 bits per heavy atom. The van der Waals surface area contributed by atoms with Crippen molar-refractivity contribution in [2.45, 2.75) is 40.8 Å². The zero-order chi connectivity index (χ0) is 26.6. The van der Waals surface area contributed by atoms with Crippen molar-refractivity contribution in [3.05, 3.63) is 60.2 Å². The van der Waals surface area contributed by atoms with Gasteiger partial charge in [-0.05, 0) is 47.7 Å². The Bertz CT molecular complexity index is 973. The van der Waals surface area contributed by atoms with Gasteiger partial charge in [0.2, 0.25) is 0 Å². The lowest BCUT2D eigenvalue weighted by molar-refractivity contribution is 0.504. The Morgan fingerprint density at radius 3 is 1.39 bits per heavy atom. The van der Waals surface area contributed by atoms with Gasteiger partial charge < -0.3 is 19.8 Å². The Labute approximate surface area is 226 Å². The standard InChI is InChI=1S/C24H38N6O2P2S2/c1-5-33(31,6-2)29(19-21-11-9-13-25-17-21)23(35)27-15-16-28-24(36)30(34(32,7-3)8-4)20-22-12-10-14-26-18-22/h9-14,17-18H,5-8,15-16,19-20H2,1-4H3,(H,27,35)(H,28,36). The molecule has 0 atom stereocenters. The minimum Gasteiger partial charge on any atom is -0.361 e. The second-order valence-electron chi connectivity index (χ2n) is 8.26. The molecule has 0 aromatic carbocycles. The molecule has 0 unspecified atom stereocenters. The maximum absolute atomic E-state index is 13.6. The number of rotatable bonds is 13. The van der Waals surface area contributed by atoms with Crippen LogP contribution in [0.4, 0.5) is 0 Å². The van der Waals surface area contributed by atoms with Crippen LogP contribution in [0, 0.1) is 0 Å². The van der Waals surface area contributed by atoms with Crippen molar-refractivity contribution in [3.8, 4) is 0 Å². The minimum atomic E-state index is -2.66. The molecule has 12 heteroatoms. The highest BCUT2D eigenvalue weighted by molar-refractivity contribution is 7.81.